The number of nitrogens with one attached hydrogen (secondary N) is 1. The van der Waals surface area contributed by atoms with Crippen LogP contribution in [0.1, 0.15) is 30.9 Å². The van der Waals surface area contributed by atoms with Gasteiger partial charge in [0, 0.05) is 25.7 Å². The normalized spacial score (nSPS) is 15.6. The van der Waals surface area contributed by atoms with Crippen LogP contribution in [0.3, 0.4) is 0 Å². The van der Waals surface area contributed by atoms with Crippen LogP contribution in [0.25, 0.3) is 0 Å². The molecule has 0 unspecified atom stereocenters. The van der Waals surface area contributed by atoms with E-state index >= 15 is 0 Å². The summed E-state index contributed by atoms with van der Waals surface area (Å²) in [4.78, 5) is 2.33. The number of rotatable bonds is 9. The summed E-state index contributed by atoms with van der Waals surface area (Å²) in [5, 5.41) is 0. The molecule has 0 saturated heterocycles. The van der Waals surface area contributed by atoms with E-state index in [1.165, 1.54) is 12.8 Å². The number of nitrogens with zero attached hydrogens (tertiary/aromatic N) is 1. The van der Waals surface area contributed by atoms with E-state index in [1.54, 1.807) is 0 Å². The number of benzene rings is 1. The van der Waals surface area contributed by atoms with Crippen LogP contribution in [0, 0.1) is 0 Å². The van der Waals surface area contributed by atoms with Crippen molar-refractivity contribution >= 4 is 10.0 Å². The molecular weight excluding hydrogens is 286 g/mol. The SMILES string of the molecule is CCN(CCNS(=O)(=O)Cc1ccccc1CN)C1CC1. The molecule has 5 nitrogen and oxygen atoms in total. The second-order valence-electron chi connectivity index (χ2n) is 5.49. The molecule has 0 heterocycles. The maximum absolute atomic E-state index is 12.2. The molecule has 0 aliphatic heterocycles. The topological polar surface area (TPSA) is 75.4 Å². The molecule has 0 amide bonds. The summed E-state index contributed by atoms with van der Waals surface area (Å²) >= 11 is 0. The van der Waals surface area contributed by atoms with Gasteiger partial charge in [0.2, 0.25) is 10.0 Å². The Morgan fingerprint density at radius 3 is 2.52 bits per heavy atom. The Morgan fingerprint density at radius 2 is 1.95 bits per heavy atom. The van der Waals surface area contributed by atoms with Crippen LogP contribution >= 0.6 is 0 Å². The smallest absolute Gasteiger partial charge is 0.215 e. The van der Waals surface area contributed by atoms with E-state index in [9.17, 15) is 8.42 Å². The fourth-order valence-electron chi connectivity index (χ4n) is 2.54. The summed E-state index contributed by atoms with van der Waals surface area (Å²) in [7, 11) is -3.31. The molecule has 0 aromatic heterocycles. The van der Waals surface area contributed by atoms with Crippen molar-refractivity contribution in [3.05, 3.63) is 35.4 Å². The van der Waals surface area contributed by atoms with E-state index in [0.717, 1.165) is 24.2 Å². The lowest BCUT2D eigenvalue weighted by atomic mass is 10.1. The van der Waals surface area contributed by atoms with Gasteiger partial charge in [-0.2, -0.15) is 0 Å². The molecule has 21 heavy (non-hydrogen) atoms. The fraction of sp³-hybridized carbons (Fsp3) is 0.600. The van der Waals surface area contributed by atoms with Gasteiger partial charge in [0.25, 0.3) is 0 Å². The summed E-state index contributed by atoms with van der Waals surface area (Å²) in [6.07, 6.45) is 2.48. The zero-order chi connectivity index (χ0) is 15.3. The first-order valence-electron chi connectivity index (χ1n) is 7.54. The van der Waals surface area contributed by atoms with Crippen molar-refractivity contribution in [2.24, 2.45) is 5.73 Å². The summed E-state index contributed by atoms with van der Waals surface area (Å²) in [5.41, 5.74) is 7.31. The van der Waals surface area contributed by atoms with Gasteiger partial charge < -0.3 is 5.73 Å². The Kier molecular flexibility index (Phi) is 5.75. The highest BCUT2D eigenvalue weighted by Crippen LogP contribution is 2.25. The van der Waals surface area contributed by atoms with Crippen LogP contribution in [0.5, 0.6) is 0 Å². The highest BCUT2D eigenvalue weighted by molar-refractivity contribution is 7.88. The van der Waals surface area contributed by atoms with Crippen molar-refractivity contribution in [1.82, 2.24) is 9.62 Å². The van der Waals surface area contributed by atoms with Crippen LogP contribution in [0.15, 0.2) is 24.3 Å². The van der Waals surface area contributed by atoms with Crippen molar-refractivity contribution in [3.8, 4) is 0 Å². The highest BCUT2D eigenvalue weighted by atomic mass is 32.2. The van der Waals surface area contributed by atoms with Gasteiger partial charge in [0.15, 0.2) is 0 Å². The predicted molar refractivity (Wildman–Crippen MR) is 85.2 cm³/mol. The molecule has 1 fully saturated rings. The van der Waals surface area contributed by atoms with Crippen LogP contribution < -0.4 is 10.5 Å². The number of sulfonamides is 1. The van der Waals surface area contributed by atoms with Crippen molar-refractivity contribution in [2.45, 2.75) is 38.1 Å². The van der Waals surface area contributed by atoms with Crippen molar-refractivity contribution in [3.63, 3.8) is 0 Å². The van der Waals surface area contributed by atoms with E-state index in [0.29, 0.717) is 19.1 Å². The molecule has 0 radical (unpaired) electrons. The number of nitrogens with two attached hydrogens (primary N) is 1. The Balaban J connectivity index is 1.86. The lowest BCUT2D eigenvalue weighted by Gasteiger charge is -2.19. The first-order chi connectivity index (χ1) is 10.1. The maximum Gasteiger partial charge on any atom is 0.215 e. The van der Waals surface area contributed by atoms with Crippen LogP contribution in [-0.2, 0) is 22.3 Å². The highest BCUT2D eigenvalue weighted by Gasteiger charge is 2.27. The van der Waals surface area contributed by atoms with Gasteiger partial charge in [0.05, 0.1) is 5.75 Å². The Morgan fingerprint density at radius 1 is 1.29 bits per heavy atom. The van der Waals surface area contributed by atoms with E-state index in [2.05, 4.69) is 16.5 Å². The average molecular weight is 311 g/mol. The van der Waals surface area contributed by atoms with Crippen LogP contribution in [0.2, 0.25) is 0 Å². The first-order valence-corrected chi connectivity index (χ1v) is 9.19. The minimum absolute atomic E-state index is 0.00404. The minimum atomic E-state index is -3.31. The second kappa shape index (κ2) is 7.35. The van der Waals surface area contributed by atoms with Gasteiger partial charge in [-0.25, -0.2) is 13.1 Å². The Hall–Kier alpha value is -0.950. The number of likely N-dealkylation sites (N-methyl/N-ethyl adjacent to an activating group) is 1. The molecular formula is C15H25N3O2S. The molecule has 1 aromatic rings. The van der Waals surface area contributed by atoms with E-state index in [-0.39, 0.29) is 5.75 Å². The fourth-order valence-corrected chi connectivity index (χ4v) is 3.73. The molecule has 3 N–H and O–H groups in total. The van der Waals surface area contributed by atoms with Gasteiger partial charge in [-0.1, -0.05) is 31.2 Å². The van der Waals surface area contributed by atoms with Gasteiger partial charge >= 0.3 is 0 Å². The molecule has 0 spiro atoms. The van der Waals surface area contributed by atoms with Crippen LogP contribution in [-0.4, -0.2) is 39.0 Å². The molecule has 1 aliphatic carbocycles. The first kappa shape index (κ1) is 16.4. The van der Waals surface area contributed by atoms with Gasteiger partial charge in [-0.3, -0.25) is 4.90 Å². The van der Waals surface area contributed by atoms with Crippen molar-refractivity contribution in [2.75, 3.05) is 19.6 Å². The van der Waals surface area contributed by atoms with Gasteiger partial charge in [-0.05, 0) is 30.5 Å². The van der Waals surface area contributed by atoms with Gasteiger partial charge in [0.1, 0.15) is 0 Å². The molecule has 0 atom stereocenters. The molecule has 1 aromatic carbocycles. The number of hydrogen-bond donors (Lipinski definition) is 2. The van der Waals surface area contributed by atoms with E-state index in [1.807, 2.05) is 24.3 Å². The largest absolute Gasteiger partial charge is 0.326 e. The Bertz CT molecular complexity index is 556. The molecule has 1 aliphatic rings. The second-order valence-corrected chi connectivity index (χ2v) is 7.29. The predicted octanol–water partition coefficient (Wildman–Crippen LogP) is 1.05. The maximum atomic E-state index is 12.2. The zero-order valence-electron chi connectivity index (χ0n) is 12.6. The van der Waals surface area contributed by atoms with E-state index in [4.69, 9.17) is 5.73 Å². The third-order valence-electron chi connectivity index (χ3n) is 3.87. The van der Waals surface area contributed by atoms with Crippen molar-refractivity contribution < 1.29 is 8.42 Å². The summed E-state index contributed by atoms with van der Waals surface area (Å²) in [6, 6.07) is 8.08. The standard InChI is InChI=1S/C15H25N3O2S/c1-2-18(15-7-8-15)10-9-17-21(19,20)12-14-6-4-3-5-13(14)11-16/h3-6,15,17H,2,7-12,16H2,1H3. The quantitative estimate of drug-likeness (QED) is 0.715. The zero-order valence-corrected chi connectivity index (χ0v) is 13.4. The summed E-state index contributed by atoms with van der Waals surface area (Å²) < 4.78 is 27.0. The van der Waals surface area contributed by atoms with Gasteiger partial charge in [-0.15, -0.1) is 0 Å². The molecule has 6 heteroatoms. The number of hydrogen-bond acceptors (Lipinski definition) is 4. The summed E-state index contributed by atoms with van der Waals surface area (Å²) in [6.45, 7) is 4.69. The molecule has 118 valence electrons. The molecule has 2 rings (SSSR count). The average Bonchev–Trinajstić information content (AvgIpc) is 3.28. The minimum Gasteiger partial charge on any atom is -0.326 e. The monoisotopic (exact) mass is 311 g/mol. The molecule has 0 bridgehead atoms. The third-order valence-corrected chi connectivity index (χ3v) is 5.21. The van der Waals surface area contributed by atoms with E-state index < -0.39 is 10.0 Å². The van der Waals surface area contributed by atoms with Crippen LogP contribution in [0.4, 0.5) is 0 Å². The summed E-state index contributed by atoms with van der Waals surface area (Å²) in [5.74, 6) is -0.00404. The third kappa shape index (κ3) is 5.07. The lowest BCUT2D eigenvalue weighted by molar-refractivity contribution is 0.282. The lowest BCUT2D eigenvalue weighted by Crippen LogP contribution is -2.36. The Labute approximate surface area is 127 Å². The van der Waals surface area contributed by atoms with Crippen molar-refractivity contribution in [1.29, 1.82) is 0 Å². The molecule has 1 saturated carbocycles.